The summed E-state index contributed by atoms with van der Waals surface area (Å²) < 4.78 is 0. The molecule has 1 aromatic heterocycles. The maximum Gasteiger partial charge on any atom is 0.323 e. The van der Waals surface area contributed by atoms with Crippen molar-refractivity contribution in [2.45, 2.75) is 6.42 Å². The third-order valence-electron chi connectivity index (χ3n) is 3.10. The predicted molar refractivity (Wildman–Crippen MR) is 79.4 cm³/mol. The normalized spacial score (nSPS) is 10.7. The van der Waals surface area contributed by atoms with Crippen LogP contribution < -0.4 is 11.0 Å². The van der Waals surface area contributed by atoms with Gasteiger partial charge in [0.2, 0.25) is 5.91 Å². The molecular weight excluding hydrogens is 270 g/mol. The van der Waals surface area contributed by atoms with E-state index in [1.807, 2.05) is 0 Å². The highest BCUT2D eigenvalue weighted by molar-refractivity contribution is 5.94. The highest BCUT2D eigenvalue weighted by atomic mass is 16.3. The van der Waals surface area contributed by atoms with Gasteiger partial charge in [0.05, 0.1) is 17.5 Å². The lowest BCUT2D eigenvalue weighted by atomic mass is 10.1. The summed E-state index contributed by atoms with van der Waals surface area (Å²) in [5.74, 6) is -0.000977. The van der Waals surface area contributed by atoms with Crippen LogP contribution in [0.25, 0.3) is 11.0 Å². The topological polar surface area (TPSA) is 98.0 Å². The number of aromatic hydroxyl groups is 1. The molecule has 0 aliphatic rings. The lowest BCUT2D eigenvalue weighted by Crippen LogP contribution is -2.14. The first-order valence-corrected chi connectivity index (χ1v) is 6.40. The number of amides is 1. The molecule has 4 N–H and O–H groups in total. The third kappa shape index (κ3) is 2.94. The second kappa shape index (κ2) is 5.16. The van der Waals surface area contributed by atoms with Crippen molar-refractivity contribution in [3.05, 3.63) is 58.5 Å². The lowest BCUT2D eigenvalue weighted by molar-refractivity contribution is -0.115. The SMILES string of the molecule is O=C(Cc1ccc(O)cc1)Nc1ccc2[nH]c(=O)[nH]c2c1. The fraction of sp³-hybridized carbons (Fsp3) is 0.0667. The van der Waals surface area contributed by atoms with Crippen molar-refractivity contribution in [2.24, 2.45) is 0 Å². The minimum absolute atomic E-state index is 0.168. The molecule has 0 saturated heterocycles. The summed E-state index contributed by atoms with van der Waals surface area (Å²) in [4.78, 5) is 28.4. The van der Waals surface area contributed by atoms with E-state index in [0.29, 0.717) is 16.7 Å². The number of phenolic OH excluding ortho intramolecular Hbond substituents is 1. The molecule has 0 spiro atoms. The average Bonchev–Trinajstić information content (AvgIpc) is 2.80. The number of hydrogen-bond donors (Lipinski definition) is 4. The number of imidazole rings is 1. The largest absolute Gasteiger partial charge is 0.508 e. The van der Waals surface area contributed by atoms with Gasteiger partial charge in [0, 0.05) is 5.69 Å². The number of phenols is 1. The van der Waals surface area contributed by atoms with Crippen LogP contribution in [-0.4, -0.2) is 21.0 Å². The highest BCUT2D eigenvalue weighted by Gasteiger charge is 2.06. The van der Waals surface area contributed by atoms with Gasteiger partial charge in [-0.05, 0) is 35.9 Å². The Labute approximate surface area is 119 Å². The Morgan fingerprint density at radius 1 is 1.05 bits per heavy atom. The molecule has 0 fully saturated rings. The van der Waals surface area contributed by atoms with Gasteiger partial charge in [-0.25, -0.2) is 4.79 Å². The van der Waals surface area contributed by atoms with Gasteiger partial charge in [-0.3, -0.25) is 4.79 Å². The monoisotopic (exact) mass is 283 g/mol. The molecule has 0 atom stereocenters. The van der Waals surface area contributed by atoms with E-state index >= 15 is 0 Å². The quantitative estimate of drug-likeness (QED) is 0.589. The second-order valence-electron chi connectivity index (χ2n) is 4.73. The van der Waals surface area contributed by atoms with E-state index in [1.54, 1.807) is 42.5 Å². The summed E-state index contributed by atoms with van der Waals surface area (Å²) in [6.45, 7) is 0. The molecule has 106 valence electrons. The summed E-state index contributed by atoms with van der Waals surface area (Å²) >= 11 is 0. The Balaban J connectivity index is 1.73. The zero-order valence-corrected chi connectivity index (χ0v) is 11.0. The molecule has 0 aliphatic heterocycles. The maximum atomic E-state index is 12.0. The molecule has 1 amide bonds. The minimum Gasteiger partial charge on any atom is -0.508 e. The van der Waals surface area contributed by atoms with Crippen LogP contribution in [-0.2, 0) is 11.2 Å². The van der Waals surface area contributed by atoms with Crippen molar-refractivity contribution < 1.29 is 9.90 Å². The molecule has 0 unspecified atom stereocenters. The van der Waals surface area contributed by atoms with Crippen LogP contribution >= 0.6 is 0 Å². The summed E-state index contributed by atoms with van der Waals surface area (Å²) in [6, 6.07) is 11.6. The van der Waals surface area contributed by atoms with Gasteiger partial charge >= 0.3 is 5.69 Å². The fourth-order valence-corrected chi connectivity index (χ4v) is 2.11. The number of aromatic amines is 2. The Morgan fingerprint density at radius 3 is 2.52 bits per heavy atom. The first-order chi connectivity index (χ1) is 10.1. The molecule has 1 heterocycles. The van der Waals surface area contributed by atoms with Gasteiger partial charge in [0.1, 0.15) is 5.75 Å². The molecule has 21 heavy (non-hydrogen) atoms. The zero-order valence-electron chi connectivity index (χ0n) is 11.0. The molecule has 0 bridgehead atoms. The average molecular weight is 283 g/mol. The molecule has 6 heteroatoms. The Morgan fingerprint density at radius 2 is 1.76 bits per heavy atom. The third-order valence-corrected chi connectivity index (χ3v) is 3.10. The number of nitrogens with one attached hydrogen (secondary N) is 3. The zero-order chi connectivity index (χ0) is 14.8. The number of rotatable bonds is 3. The van der Waals surface area contributed by atoms with Gasteiger partial charge in [-0.2, -0.15) is 0 Å². The number of H-pyrrole nitrogens is 2. The second-order valence-corrected chi connectivity index (χ2v) is 4.73. The number of benzene rings is 2. The predicted octanol–water partition coefficient (Wildman–Crippen LogP) is 1.74. The number of hydrogen-bond acceptors (Lipinski definition) is 3. The van der Waals surface area contributed by atoms with Crippen LogP contribution in [0.1, 0.15) is 5.56 Å². The van der Waals surface area contributed by atoms with E-state index in [-0.39, 0.29) is 23.8 Å². The lowest BCUT2D eigenvalue weighted by Gasteiger charge is -2.05. The molecule has 0 radical (unpaired) electrons. The minimum atomic E-state index is -0.280. The first kappa shape index (κ1) is 13.0. The Kier molecular flexibility index (Phi) is 3.19. The van der Waals surface area contributed by atoms with Crippen molar-refractivity contribution in [1.82, 2.24) is 9.97 Å². The van der Waals surface area contributed by atoms with Crippen molar-refractivity contribution in [1.29, 1.82) is 0 Å². The van der Waals surface area contributed by atoms with E-state index in [1.165, 1.54) is 0 Å². The molecule has 3 aromatic rings. The summed E-state index contributed by atoms with van der Waals surface area (Å²) in [7, 11) is 0. The summed E-state index contributed by atoms with van der Waals surface area (Å²) in [5, 5.41) is 12.0. The van der Waals surface area contributed by atoms with Gasteiger partial charge in [-0.1, -0.05) is 12.1 Å². The van der Waals surface area contributed by atoms with Gasteiger partial charge in [0.25, 0.3) is 0 Å². The van der Waals surface area contributed by atoms with Crippen molar-refractivity contribution in [2.75, 3.05) is 5.32 Å². The van der Waals surface area contributed by atoms with Crippen LogP contribution in [0.15, 0.2) is 47.3 Å². The van der Waals surface area contributed by atoms with E-state index in [9.17, 15) is 14.7 Å². The number of aromatic nitrogens is 2. The summed E-state index contributed by atoms with van der Waals surface area (Å²) in [5.41, 5.74) is 2.47. The molecule has 0 aliphatic carbocycles. The van der Waals surface area contributed by atoms with Crippen molar-refractivity contribution in [3.8, 4) is 5.75 Å². The maximum absolute atomic E-state index is 12.0. The van der Waals surface area contributed by atoms with Gasteiger partial charge < -0.3 is 20.4 Å². The Hall–Kier alpha value is -3.02. The molecule has 2 aromatic carbocycles. The van der Waals surface area contributed by atoms with Crippen LogP contribution in [0.5, 0.6) is 5.75 Å². The first-order valence-electron chi connectivity index (χ1n) is 6.40. The number of fused-ring (bicyclic) bond motifs is 1. The highest BCUT2D eigenvalue weighted by Crippen LogP contribution is 2.15. The van der Waals surface area contributed by atoms with E-state index in [0.717, 1.165) is 5.56 Å². The molecule has 0 saturated carbocycles. The molecular formula is C15H13N3O3. The molecule has 3 rings (SSSR count). The van der Waals surface area contributed by atoms with Crippen molar-refractivity contribution >= 4 is 22.6 Å². The van der Waals surface area contributed by atoms with E-state index in [4.69, 9.17) is 0 Å². The van der Waals surface area contributed by atoms with Crippen molar-refractivity contribution in [3.63, 3.8) is 0 Å². The van der Waals surface area contributed by atoms with Gasteiger partial charge in [0.15, 0.2) is 0 Å². The standard InChI is InChI=1S/C15H13N3O3/c19-11-4-1-9(2-5-11)7-14(20)16-10-3-6-12-13(8-10)18-15(21)17-12/h1-6,8,19H,7H2,(H,16,20)(H2,17,18,21). The number of carbonyl (C=O) groups is 1. The van der Waals surface area contributed by atoms with Crippen LogP contribution in [0, 0.1) is 0 Å². The summed E-state index contributed by atoms with van der Waals surface area (Å²) in [6.07, 6.45) is 0.210. The number of carbonyl (C=O) groups excluding carboxylic acids is 1. The number of anilines is 1. The Bertz CT molecular complexity index is 846. The van der Waals surface area contributed by atoms with E-state index < -0.39 is 0 Å². The fourth-order valence-electron chi connectivity index (χ4n) is 2.11. The van der Waals surface area contributed by atoms with Crippen LogP contribution in [0.2, 0.25) is 0 Å². The van der Waals surface area contributed by atoms with Crippen LogP contribution in [0.3, 0.4) is 0 Å². The van der Waals surface area contributed by atoms with Crippen LogP contribution in [0.4, 0.5) is 5.69 Å². The smallest absolute Gasteiger partial charge is 0.323 e. The van der Waals surface area contributed by atoms with Gasteiger partial charge in [-0.15, -0.1) is 0 Å². The molecule has 6 nitrogen and oxygen atoms in total. The van der Waals surface area contributed by atoms with E-state index in [2.05, 4.69) is 15.3 Å².